The summed E-state index contributed by atoms with van der Waals surface area (Å²) in [4.78, 5) is 25.7. The number of para-hydroxylation sites is 1. The molecule has 2 heterocycles. The standard InChI is InChI=1S/C19H23N3O3/c1-12(2)17-9-16(20-22(17)14-7-5-4-6-8-14)18(23)21-10-13(3)15(11-21)19(24)25/h4-9,12-13,15H,10-11H2,1-3H3,(H,24,25)/t13-,15-/m1/s1. The molecule has 2 atom stereocenters. The fraction of sp³-hybridized carbons (Fsp3) is 0.421. The van der Waals surface area contributed by atoms with Crippen molar-refractivity contribution in [2.24, 2.45) is 11.8 Å². The van der Waals surface area contributed by atoms with E-state index in [-0.39, 0.29) is 24.3 Å². The molecule has 3 rings (SSSR count). The van der Waals surface area contributed by atoms with E-state index < -0.39 is 11.9 Å². The topological polar surface area (TPSA) is 75.4 Å². The van der Waals surface area contributed by atoms with Gasteiger partial charge in [0.1, 0.15) is 0 Å². The molecule has 0 bridgehead atoms. The molecule has 2 aromatic rings. The number of amides is 1. The van der Waals surface area contributed by atoms with Crippen LogP contribution in [0.2, 0.25) is 0 Å². The first-order valence-corrected chi connectivity index (χ1v) is 8.56. The zero-order chi connectivity index (χ0) is 18.1. The Balaban J connectivity index is 1.91. The number of benzene rings is 1. The second kappa shape index (κ2) is 6.70. The second-order valence-electron chi connectivity index (χ2n) is 6.99. The molecule has 1 aromatic heterocycles. The molecule has 0 saturated carbocycles. The van der Waals surface area contributed by atoms with Crippen molar-refractivity contribution in [2.45, 2.75) is 26.7 Å². The van der Waals surface area contributed by atoms with Crippen LogP contribution in [0.3, 0.4) is 0 Å². The van der Waals surface area contributed by atoms with Crippen LogP contribution >= 0.6 is 0 Å². The first kappa shape index (κ1) is 17.2. The third-order valence-electron chi connectivity index (χ3n) is 4.77. The third kappa shape index (κ3) is 3.29. The molecule has 1 aliphatic heterocycles. The highest BCUT2D eigenvalue weighted by molar-refractivity contribution is 5.93. The highest BCUT2D eigenvalue weighted by atomic mass is 16.4. The van der Waals surface area contributed by atoms with Crippen molar-refractivity contribution in [1.82, 2.24) is 14.7 Å². The molecule has 0 spiro atoms. The zero-order valence-corrected chi connectivity index (χ0v) is 14.7. The quantitative estimate of drug-likeness (QED) is 0.928. The maximum Gasteiger partial charge on any atom is 0.308 e. The number of hydrogen-bond acceptors (Lipinski definition) is 3. The van der Waals surface area contributed by atoms with E-state index in [2.05, 4.69) is 18.9 Å². The van der Waals surface area contributed by atoms with Gasteiger partial charge in [0, 0.05) is 18.8 Å². The SMILES string of the molecule is CC(C)c1cc(C(=O)N2C[C@@H](C)[C@H](C(=O)O)C2)nn1-c1ccccc1. The Bertz CT molecular complexity index is 782. The lowest BCUT2D eigenvalue weighted by Crippen LogP contribution is -2.30. The molecule has 6 nitrogen and oxygen atoms in total. The molecular formula is C19H23N3O3. The van der Waals surface area contributed by atoms with Gasteiger partial charge in [-0.25, -0.2) is 4.68 Å². The second-order valence-corrected chi connectivity index (χ2v) is 6.99. The first-order valence-electron chi connectivity index (χ1n) is 8.56. The van der Waals surface area contributed by atoms with Gasteiger partial charge in [0.05, 0.1) is 11.6 Å². The minimum absolute atomic E-state index is 0.0535. The molecule has 0 aliphatic carbocycles. The summed E-state index contributed by atoms with van der Waals surface area (Å²) in [7, 11) is 0. The Labute approximate surface area is 147 Å². The maximum atomic E-state index is 12.8. The summed E-state index contributed by atoms with van der Waals surface area (Å²) in [6.07, 6.45) is 0. The van der Waals surface area contributed by atoms with Gasteiger partial charge in [0.2, 0.25) is 0 Å². The molecular weight excluding hydrogens is 318 g/mol. The summed E-state index contributed by atoms with van der Waals surface area (Å²) in [5, 5.41) is 13.8. The van der Waals surface area contributed by atoms with Crippen LogP contribution in [-0.4, -0.2) is 44.8 Å². The molecule has 1 fully saturated rings. The lowest BCUT2D eigenvalue weighted by molar-refractivity contribution is -0.142. The van der Waals surface area contributed by atoms with E-state index in [9.17, 15) is 14.7 Å². The third-order valence-corrected chi connectivity index (χ3v) is 4.77. The molecule has 1 saturated heterocycles. The number of hydrogen-bond donors (Lipinski definition) is 1. The van der Waals surface area contributed by atoms with Gasteiger partial charge < -0.3 is 10.0 Å². The summed E-state index contributed by atoms with van der Waals surface area (Å²) in [6.45, 7) is 6.68. The van der Waals surface area contributed by atoms with E-state index in [1.165, 1.54) is 0 Å². The van der Waals surface area contributed by atoms with Crippen molar-refractivity contribution in [3.8, 4) is 5.69 Å². The zero-order valence-electron chi connectivity index (χ0n) is 14.7. The summed E-state index contributed by atoms with van der Waals surface area (Å²) in [5.41, 5.74) is 2.23. The van der Waals surface area contributed by atoms with E-state index in [1.807, 2.05) is 43.3 Å². The normalized spacial score (nSPS) is 20.2. The van der Waals surface area contributed by atoms with Crippen LogP contribution in [0.4, 0.5) is 0 Å². The predicted molar refractivity (Wildman–Crippen MR) is 93.8 cm³/mol. The summed E-state index contributed by atoms with van der Waals surface area (Å²) in [6, 6.07) is 11.5. The number of rotatable bonds is 4. The van der Waals surface area contributed by atoms with Crippen LogP contribution in [0.15, 0.2) is 36.4 Å². The van der Waals surface area contributed by atoms with Gasteiger partial charge in [0.25, 0.3) is 5.91 Å². The van der Waals surface area contributed by atoms with Crippen LogP contribution in [0.1, 0.15) is 42.9 Å². The molecule has 1 amide bonds. The van der Waals surface area contributed by atoms with Crippen molar-refractivity contribution in [1.29, 1.82) is 0 Å². The number of nitrogens with zero attached hydrogens (tertiary/aromatic N) is 3. The molecule has 1 aromatic carbocycles. The van der Waals surface area contributed by atoms with Crippen molar-refractivity contribution >= 4 is 11.9 Å². The van der Waals surface area contributed by atoms with E-state index in [4.69, 9.17) is 0 Å². The smallest absolute Gasteiger partial charge is 0.308 e. The van der Waals surface area contributed by atoms with Gasteiger partial charge in [-0.3, -0.25) is 9.59 Å². The highest BCUT2D eigenvalue weighted by Crippen LogP contribution is 2.26. The predicted octanol–water partition coefficient (Wildman–Crippen LogP) is 2.79. The fourth-order valence-corrected chi connectivity index (χ4v) is 3.30. The Morgan fingerprint density at radius 3 is 2.44 bits per heavy atom. The van der Waals surface area contributed by atoms with Crippen LogP contribution < -0.4 is 0 Å². The van der Waals surface area contributed by atoms with Crippen molar-refractivity contribution in [2.75, 3.05) is 13.1 Å². The van der Waals surface area contributed by atoms with Crippen LogP contribution in [0, 0.1) is 11.8 Å². The van der Waals surface area contributed by atoms with Gasteiger partial charge in [-0.05, 0) is 30.0 Å². The Kier molecular flexibility index (Phi) is 4.61. The van der Waals surface area contributed by atoms with Gasteiger partial charge in [-0.15, -0.1) is 0 Å². The Morgan fingerprint density at radius 1 is 1.20 bits per heavy atom. The lowest BCUT2D eigenvalue weighted by atomic mass is 9.99. The van der Waals surface area contributed by atoms with E-state index in [0.717, 1.165) is 11.4 Å². The Hall–Kier alpha value is -2.63. The number of likely N-dealkylation sites (tertiary alicyclic amines) is 1. The number of aromatic nitrogens is 2. The van der Waals surface area contributed by atoms with Crippen LogP contribution in [0.5, 0.6) is 0 Å². The van der Waals surface area contributed by atoms with Crippen molar-refractivity contribution < 1.29 is 14.7 Å². The first-order chi connectivity index (χ1) is 11.9. The Morgan fingerprint density at radius 2 is 1.88 bits per heavy atom. The monoisotopic (exact) mass is 341 g/mol. The number of carboxylic acids is 1. The maximum absolute atomic E-state index is 12.8. The van der Waals surface area contributed by atoms with E-state index in [0.29, 0.717) is 12.2 Å². The number of aliphatic carboxylic acids is 1. The van der Waals surface area contributed by atoms with Crippen LogP contribution in [-0.2, 0) is 4.79 Å². The minimum atomic E-state index is -0.847. The van der Waals surface area contributed by atoms with Crippen molar-refractivity contribution in [3.05, 3.63) is 47.8 Å². The summed E-state index contributed by atoms with van der Waals surface area (Å²) >= 11 is 0. The van der Waals surface area contributed by atoms with Gasteiger partial charge in [-0.2, -0.15) is 5.10 Å². The number of carboxylic acid groups (broad SMARTS) is 1. The molecule has 25 heavy (non-hydrogen) atoms. The highest BCUT2D eigenvalue weighted by Gasteiger charge is 2.38. The fourth-order valence-electron chi connectivity index (χ4n) is 3.30. The molecule has 132 valence electrons. The molecule has 0 radical (unpaired) electrons. The van der Waals surface area contributed by atoms with Gasteiger partial charge in [0.15, 0.2) is 5.69 Å². The summed E-state index contributed by atoms with van der Waals surface area (Å²) in [5.74, 6) is -1.40. The van der Waals surface area contributed by atoms with E-state index in [1.54, 1.807) is 9.58 Å². The largest absolute Gasteiger partial charge is 0.481 e. The number of carbonyl (C=O) groups excluding carboxylic acids is 1. The minimum Gasteiger partial charge on any atom is -0.481 e. The van der Waals surface area contributed by atoms with Gasteiger partial charge >= 0.3 is 5.97 Å². The van der Waals surface area contributed by atoms with Crippen molar-refractivity contribution in [3.63, 3.8) is 0 Å². The summed E-state index contributed by atoms with van der Waals surface area (Å²) < 4.78 is 1.80. The molecule has 1 aliphatic rings. The molecule has 1 N–H and O–H groups in total. The van der Waals surface area contributed by atoms with Gasteiger partial charge in [-0.1, -0.05) is 39.0 Å². The average Bonchev–Trinajstić information content (AvgIpc) is 3.19. The van der Waals surface area contributed by atoms with Crippen LogP contribution in [0.25, 0.3) is 5.69 Å². The number of carbonyl (C=O) groups is 2. The van der Waals surface area contributed by atoms with E-state index >= 15 is 0 Å². The molecule has 6 heteroatoms. The average molecular weight is 341 g/mol. The lowest BCUT2D eigenvalue weighted by Gasteiger charge is -2.14. The molecule has 0 unspecified atom stereocenters.